The predicted octanol–water partition coefficient (Wildman–Crippen LogP) is 8.66. The molecule has 1 aromatic carbocycles. The van der Waals surface area contributed by atoms with Crippen molar-refractivity contribution >= 4 is 0 Å². The van der Waals surface area contributed by atoms with Crippen LogP contribution in [0.5, 0.6) is 0 Å². The maximum atomic E-state index is 7.01. The molecule has 0 spiro atoms. The van der Waals surface area contributed by atoms with Gasteiger partial charge in [0.1, 0.15) is 17.2 Å². The Morgan fingerprint density at radius 3 is 1.84 bits per heavy atom. The van der Waals surface area contributed by atoms with E-state index in [1.807, 2.05) is 0 Å². The highest BCUT2D eigenvalue weighted by atomic mass is 16.8. The molecule has 0 radical (unpaired) electrons. The summed E-state index contributed by atoms with van der Waals surface area (Å²) in [6.45, 7) is 15.1. The van der Waals surface area contributed by atoms with Gasteiger partial charge in [0.15, 0.2) is 0 Å². The largest absolute Gasteiger partial charge is 0.174 e. The van der Waals surface area contributed by atoms with Crippen LogP contribution in [0.2, 0.25) is 0 Å². The lowest BCUT2D eigenvalue weighted by Gasteiger charge is -2.58. The summed E-state index contributed by atoms with van der Waals surface area (Å²) in [6, 6.07) is 10.7. The van der Waals surface area contributed by atoms with Gasteiger partial charge in [-0.15, -0.1) is 5.43 Å². The summed E-state index contributed by atoms with van der Waals surface area (Å²) < 4.78 is 0.549. The number of unbranched alkanes of at least 4 members (excludes halogenated alkanes) is 9. The van der Waals surface area contributed by atoms with Gasteiger partial charge in [-0.3, -0.25) is 0 Å². The topological polar surface area (TPSA) is 21.3 Å². The third kappa shape index (κ3) is 7.30. The molecule has 3 heteroatoms. The summed E-state index contributed by atoms with van der Waals surface area (Å²) in [5.74, 6) is 0. The molecule has 32 heavy (non-hydrogen) atoms. The van der Waals surface area contributed by atoms with E-state index in [1.54, 1.807) is 0 Å². The van der Waals surface area contributed by atoms with E-state index in [1.165, 1.54) is 89.0 Å². The van der Waals surface area contributed by atoms with Crippen LogP contribution in [-0.4, -0.2) is 22.4 Å². The van der Waals surface area contributed by atoms with Gasteiger partial charge in [0.05, 0.1) is 0 Å². The number of nitrogens with zero attached hydrogens (tertiary/aromatic N) is 1. The van der Waals surface area contributed by atoms with Crippen LogP contribution in [0.15, 0.2) is 30.3 Å². The van der Waals surface area contributed by atoms with Crippen molar-refractivity contribution in [3.05, 3.63) is 35.9 Å². The minimum atomic E-state index is 0.0310. The minimum absolute atomic E-state index is 0.0310. The fourth-order valence-electron chi connectivity index (χ4n) is 5.71. The molecule has 1 atom stereocenters. The van der Waals surface area contributed by atoms with Gasteiger partial charge in [0.2, 0.25) is 0 Å². The molecule has 1 N–H and O–H groups in total. The van der Waals surface area contributed by atoms with Crippen molar-refractivity contribution in [3.63, 3.8) is 0 Å². The van der Waals surface area contributed by atoms with Gasteiger partial charge in [-0.2, -0.15) is 4.84 Å². The Morgan fingerprint density at radius 1 is 0.812 bits per heavy atom. The molecule has 1 aromatic rings. The van der Waals surface area contributed by atoms with Gasteiger partial charge in [0.25, 0.3) is 0 Å². The van der Waals surface area contributed by atoms with Crippen molar-refractivity contribution < 1.29 is 9.59 Å². The van der Waals surface area contributed by atoms with Crippen LogP contribution in [0.3, 0.4) is 0 Å². The number of hydrogen-bond acceptors (Lipinski definition) is 2. The SMILES string of the molecule is CCCCCCCCCCCCN[N+]1(OC(C)c2ccccc2)C(C)(C)CCCC1(C)C. The molecule has 1 heterocycles. The van der Waals surface area contributed by atoms with Gasteiger partial charge in [-0.05, 0) is 53.0 Å². The highest BCUT2D eigenvalue weighted by Gasteiger charge is 2.60. The molecule has 1 fully saturated rings. The Kier molecular flexibility index (Phi) is 11.2. The molecule has 184 valence electrons. The second-order valence-corrected chi connectivity index (χ2v) is 11.3. The molecular formula is C29H53N2O+. The van der Waals surface area contributed by atoms with Gasteiger partial charge in [0, 0.05) is 19.4 Å². The number of piperidine rings is 1. The second kappa shape index (κ2) is 13.1. The summed E-state index contributed by atoms with van der Waals surface area (Å²) in [7, 11) is 0. The smallest absolute Gasteiger partial charge is 0.143 e. The van der Waals surface area contributed by atoms with Crippen LogP contribution in [0.4, 0.5) is 0 Å². The molecule has 1 unspecified atom stereocenters. The minimum Gasteiger partial charge on any atom is -0.174 e. The van der Waals surface area contributed by atoms with E-state index in [4.69, 9.17) is 4.84 Å². The lowest BCUT2D eigenvalue weighted by Crippen LogP contribution is -2.78. The average molecular weight is 446 g/mol. The first-order chi connectivity index (χ1) is 15.3. The molecule has 3 nitrogen and oxygen atoms in total. The lowest BCUT2D eigenvalue weighted by atomic mass is 9.80. The summed E-state index contributed by atoms with van der Waals surface area (Å²) in [4.78, 5) is 7.01. The Bertz CT molecular complexity index is 609. The molecule has 0 aromatic heterocycles. The van der Waals surface area contributed by atoms with Gasteiger partial charge in [-0.25, -0.2) is 0 Å². The van der Waals surface area contributed by atoms with Crippen LogP contribution >= 0.6 is 0 Å². The van der Waals surface area contributed by atoms with E-state index in [-0.39, 0.29) is 17.2 Å². The average Bonchev–Trinajstić information content (AvgIpc) is 2.75. The Labute approximate surface area is 199 Å². The second-order valence-electron chi connectivity index (χ2n) is 11.3. The first kappa shape index (κ1) is 27.3. The van der Waals surface area contributed by atoms with Crippen molar-refractivity contribution in [3.8, 4) is 0 Å². The van der Waals surface area contributed by atoms with Crippen molar-refractivity contribution in [2.45, 2.75) is 142 Å². The monoisotopic (exact) mass is 445 g/mol. The number of rotatable bonds is 15. The first-order valence-corrected chi connectivity index (χ1v) is 13.6. The molecule has 0 amide bonds. The number of hydroxylamine groups is 2. The summed E-state index contributed by atoms with van der Waals surface area (Å²) in [5.41, 5.74) is 5.27. The maximum Gasteiger partial charge on any atom is 0.143 e. The standard InChI is InChI=1S/C29H53N2O/c1-7-8-9-10-11-12-13-14-15-19-25-30-31(28(3,4)23-20-24-29(31,5)6)32-26(2)27-21-17-16-18-22-27/h16-18,21-22,26,30H,7-15,19-20,23-25H2,1-6H3/q+1. The molecule has 0 bridgehead atoms. The number of quaternary nitrogens is 1. The fourth-order valence-corrected chi connectivity index (χ4v) is 5.71. The number of benzene rings is 1. The molecule has 0 aliphatic carbocycles. The summed E-state index contributed by atoms with van der Waals surface area (Å²) in [5, 5.41) is 0. The summed E-state index contributed by atoms with van der Waals surface area (Å²) >= 11 is 0. The predicted molar refractivity (Wildman–Crippen MR) is 138 cm³/mol. The zero-order chi connectivity index (χ0) is 23.5. The zero-order valence-electron chi connectivity index (χ0n) is 22.2. The molecule has 2 rings (SSSR count). The van der Waals surface area contributed by atoms with E-state index < -0.39 is 0 Å². The van der Waals surface area contributed by atoms with E-state index >= 15 is 0 Å². The van der Waals surface area contributed by atoms with Gasteiger partial charge in [-0.1, -0.05) is 99.8 Å². The molecule has 1 saturated heterocycles. The quantitative estimate of drug-likeness (QED) is 0.215. The third-order valence-corrected chi connectivity index (χ3v) is 7.73. The van der Waals surface area contributed by atoms with Gasteiger partial charge < -0.3 is 0 Å². The highest BCUT2D eigenvalue weighted by Crippen LogP contribution is 2.46. The van der Waals surface area contributed by atoms with Crippen molar-refractivity contribution in [1.82, 2.24) is 5.43 Å². The molecule has 0 saturated carbocycles. The zero-order valence-corrected chi connectivity index (χ0v) is 22.2. The lowest BCUT2D eigenvalue weighted by molar-refractivity contribution is -1.21. The Balaban J connectivity index is 1.91. The Morgan fingerprint density at radius 2 is 1.31 bits per heavy atom. The number of hydrogen-bond donors (Lipinski definition) is 1. The third-order valence-electron chi connectivity index (χ3n) is 7.73. The fraction of sp³-hybridized carbons (Fsp3) is 0.793. The molecule has 1 aliphatic rings. The maximum absolute atomic E-state index is 7.01. The van der Waals surface area contributed by atoms with Crippen LogP contribution in [-0.2, 0) is 4.84 Å². The van der Waals surface area contributed by atoms with Crippen LogP contribution in [0, 0.1) is 0 Å². The summed E-state index contributed by atoms with van der Waals surface area (Å²) in [6.07, 6.45) is 17.4. The number of nitrogens with one attached hydrogen (secondary N) is 1. The van der Waals surface area contributed by atoms with E-state index in [2.05, 4.69) is 77.3 Å². The van der Waals surface area contributed by atoms with Gasteiger partial charge >= 0.3 is 0 Å². The van der Waals surface area contributed by atoms with Crippen molar-refractivity contribution in [2.24, 2.45) is 0 Å². The van der Waals surface area contributed by atoms with Crippen molar-refractivity contribution in [1.29, 1.82) is 0 Å². The Hall–Kier alpha value is -0.900. The van der Waals surface area contributed by atoms with E-state index in [9.17, 15) is 0 Å². The first-order valence-electron chi connectivity index (χ1n) is 13.6. The van der Waals surface area contributed by atoms with E-state index in [0.29, 0.717) is 4.76 Å². The van der Waals surface area contributed by atoms with Crippen LogP contribution < -0.4 is 5.43 Å². The van der Waals surface area contributed by atoms with Crippen LogP contribution in [0.25, 0.3) is 0 Å². The normalized spacial score (nSPS) is 20.2. The van der Waals surface area contributed by atoms with E-state index in [0.717, 1.165) is 6.54 Å². The van der Waals surface area contributed by atoms with Crippen molar-refractivity contribution in [2.75, 3.05) is 6.54 Å². The highest BCUT2D eigenvalue weighted by molar-refractivity contribution is 5.16. The van der Waals surface area contributed by atoms with Crippen LogP contribution in [0.1, 0.15) is 137 Å². The molecule has 1 aliphatic heterocycles. The molecular weight excluding hydrogens is 392 g/mol.